The number of thiophene rings is 1. The van der Waals surface area contributed by atoms with Crippen LogP contribution in [0, 0.1) is 11.3 Å². The van der Waals surface area contributed by atoms with Crippen molar-refractivity contribution < 1.29 is 19.1 Å². The van der Waals surface area contributed by atoms with Gasteiger partial charge in [-0.1, -0.05) is 40.7 Å². The van der Waals surface area contributed by atoms with E-state index in [1.165, 1.54) is 21.8 Å². The summed E-state index contributed by atoms with van der Waals surface area (Å²) in [6.45, 7) is 13.0. The number of carbonyl (C=O) groups excluding carboxylic acids is 2. The Hall–Kier alpha value is -1.86. The summed E-state index contributed by atoms with van der Waals surface area (Å²) in [5.74, 6) is 0.886. The second kappa shape index (κ2) is 10.6. The minimum Gasteiger partial charge on any atom is -0.483 e. The Bertz CT molecular complexity index is 1020. The Morgan fingerprint density at radius 2 is 2.00 bits per heavy atom. The number of benzene rings is 1. The van der Waals surface area contributed by atoms with E-state index < -0.39 is 0 Å². The lowest BCUT2D eigenvalue weighted by Gasteiger charge is -2.33. The number of anilines is 1. The summed E-state index contributed by atoms with van der Waals surface area (Å²) in [5.41, 5.74) is 2.93. The number of rotatable bonds is 7. The summed E-state index contributed by atoms with van der Waals surface area (Å²) in [7, 11) is 0. The maximum absolute atomic E-state index is 12.8. The third-order valence-electron chi connectivity index (χ3n) is 6.20. The lowest BCUT2D eigenvalue weighted by Crippen LogP contribution is -2.26. The smallest absolute Gasteiger partial charge is 0.341 e. The molecule has 1 amide bonds. The van der Waals surface area contributed by atoms with Crippen molar-refractivity contribution in [3.8, 4) is 5.75 Å². The van der Waals surface area contributed by atoms with Crippen molar-refractivity contribution in [3.63, 3.8) is 0 Å². The molecule has 180 valence electrons. The molecule has 0 bridgehead atoms. The molecule has 5 nitrogen and oxygen atoms in total. The van der Waals surface area contributed by atoms with Crippen molar-refractivity contribution in [2.45, 2.75) is 66.7 Å². The molecule has 1 aromatic carbocycles. The van der Waals surface area contributed by atoms with Gasteiger partial charge >= 0.3 is 5.97 Å². The number of fused-ring (bicyclic) bond motifs is 1. The van der Waals surface area contributed by atoms with Crippen LogP contribution in [-0.4, -0.2) is 25.1 Å². The first-order valence-corrected chi connectivity index (χ1v) is 13.2. The predicted molar refractivity (Wildman–Crippen MR) is 138 cm³/mol. The van der Waals surface area contributed by atoms with Gasteiger partial charge in [0.25, 0.3) is 5.91 Å². The molecule has 33 heavy (non-hydrogen) atoms. The first-order chi connectivity index (χ1) is 15.5. The lowest BCUT2D eigenvalue weighted by atomic mass is 9.72. The first kappa shape index (κ1) is 25.8. The number of amides is 1. The van der Waals surface area contributed by atoms with E-state index in [0.29, 0.717) is 34.8 Å². The third kappa shape index (κ3) is 6.18. The van der Waals surface area contributed by atoms with E-state index in [9.17, 15) is 9.59 Å². The third-order valence-corrected chi connectivity index (χ3v) is 7.99. The van der Waals surface area contributed by atoms with Gasteiger partial charge < -0.3 is 14.8 Å². The van der Waals surface area contributed by atoms with Crippen molar-refractivity contribution in [1.29, 1.82) is 0 Å². The monoisotopic (exact) mass is 535 g/mol. The van der Waals surface area contributed by atoms with Crippen LogP contribution in [0.3, 0.4) is 0 Å². The van der Waals surface area contributed by atoms with Crippen LogP contribution in [0.15, 0.2) is 22.7 Å². The van der Waals surface area contributed by atoms with Crippen molar-refractivity contribution >= 4 is 44.1 Å². The van der Waals surface area contributed by atoms with Gasteiger partial charge in [-0.15, -0.1) is 11.3 Å². The highest BCUT2D eigenvalue weighted by atomic mass is 79.9. The van der Waals surface area contributed by atoms with E-state index in [4.69, 9.17) is 9.47 Å². The normalized spacial score (nSPS) is 15.8. The minimum absolute atomic E-state index is 0.144. The van der Waals surface area contributed by atoms with Gasteiger partial charge in [0.1, 0.15) is 10.8 Å². The van der Waals surface area contributed by atoms with E-state index in [-0.39, 0.29) is 23.9 Å². The maximum atomic E-state index is 12.8. The summed E-state index contributed by atoms with van der Waals surface area (Å²) in [4.78, 5) is 26.7. The zero-order chi connectivity index (χ0) is 24.3. The standard InChI is InChI=1S/C26H34BrNO4S/c1-7-31-25(30)23-18-10-9-17(26(4,5)6)13-21(18)33-24(23)28-22(29)14-32-20-11-8-16(15(2)3)12-19(20)27/h8,11-12,15,17H,7,9-10,13-14H2,1-6H3,(H,28,29). The van der Waals surface area contributed by atoms with Crippen LogP contribution in [0.5, 0.6) is 5.75 Å². The molecule has 1 aliphatic rings. The van der Waals surface area contributed by atoms with Gasteiger partial charge in [-0.05, 0) is 82.6 Å². The molecule has 1 aliphatic carbocycles. The van der Waals surface area contributed by atoms with E-state index in [1.807, 2.05) is 18.2 Å². The Balaban J connectivity index is 1.76. The molecule has 0 aliphatic heterocycles. The second-order valence-electron chi connectivity index (χ2n) is 9.92. The molecule has 0 saturated carbocycles. The molecule has 0 radical (unpaired) electrons. The fourth-order valence-electron chi connectivity index (χ4n) is 4.13. The highest BCUT2D eigenvalue weighted by molar-refractivity contribution is 9.10. The second-order valence-corrected chi connectivity index (χ2v) is 11.9. The zero-order valence-corrected chi connectivity index (χ0v) is 22.7. The van der Waals surface area contributed by atoms with Crippen LogP contribution in [0.1, 0.15) is 80.2 Å². The lowest BCUT2D eigenvalue weighted by molar-refractivity contribution is -0.118. The Kier molecular flexibility index (Phi) is 8.27. The van der Waals surface area contributed by atoms with Crippen molar-refractivity contribution in [1.82, 2.24) is 0 Å². The number of nitrogens with one attached hydrogen (secondary N) is 1. The SMILES string of the molecule is CCOC(=O)c1c(NC(=O)COc2ccc(C(C)C)cc2Br)sc2c1CCC(C(C)(C)C)C2. The van der Waals surface area contributed by atoms with Crippen molar-refractivity contribution in [3.05, 3.63) is 44.2 Å². The van der Waals surface area contributed by atoms with E-state index in [2.05, 4.69) is 55.9 Å². The quantitative estimate of drug-likeness (QED) is 0.388. The van der Waals surface area contributed by atoms with Crippen LogP contribution in [0.4, 0.5) is 5.00 Å². The molecule has 0 spiro atoms. The highest BCUT2D eigenvalue weighted by Gasteiger charge is 2.34. The molecular weight excluding hydrogens is 502 g/mol. The van der Waals surface area contributed by atoms with Crippen LogP contribution in [0.2, 0.25) is 0 Å². The molecule has 2 aromatic rings. The molecule has 3 rings (SSSR count). The fraction of sp³-hybridized carbons (Fsp3) is 0.538. The van der Waals surface area contributed by atoms with Gasteiger partial charge in [-0.25, -0.2) is 4.79 Å². The first-order valence-electron chi connectivity index (χ1n) is 11.5. The molecule has 0 saturated heterocycles. The average Bonchev–Trinajstić information content (AvgIpc) is 3.09. The molecular formula is C26H34BrNO4S. The summed E-state index contributed by atoms with van der Waals surface area (Å²) in [6.07, 6.45) is 2.76. The van der Waals surface area contributed by atoms with Crippen LogP contribution < -0.4 is 10.1 Å². The van der Waals surface area contributed by atoms with Gasteiger partial charge in [-0.3, -0.25) is 4.79 Å². The van der Waals surface area contributed by atoms with Gasteiger partial charge in [0.15, 0.2) is 6.61 Å². The topological polar surface area (TPSA) is 64.6 Å². The molecule has 1 unspecified atom stereocenters. The summed E-state index contributed by atoms with van der Waals surface area (Å²) in [6, 6.07) is 5.88. The summed E-state index contributed by atoms with van der Waals surface area (Å²) < 4.78 is 11.9. The number of ether oxygens (including phenoxy) is 2. The van der Waals surface area contributed by atoms with Crippen molar-refractivity contribution in [2.24, 2.45) is 11.3 Å². The van der Waals surface area contributed by atoms with E-state index in [0.717, 1.165) is 29.3 Å². The predicted octanol–water partition coefficient (Wildman–Crippen LogP) is 6.98. The maximum Gasteiger partial charge on any atom is 0.341 e. The van der Waals surface area contributed by atoms with Crippen LogP contribution in [-0.2, 0) is 22.4 Å². The summed E-state index contributed by atoms with van der Waals surface area (Å²) >= 11 is 5.02. The number of carbonyl (C=O) groups is 2. The Morgan fingerprint density at radius 1 is 1.27 bits per heavy atom. The van der Waals surface area contributed by atoms with E-state index in [1.54, 1.807) is 6.92 Å². The van der Waals surface area contributed by atoms with Gasteiger partial charge in [-0.2, -0.15) is 0 Å². The average molecular weight is 537 g/mol. The Labute approximate surface area is 209 Å². The highest BCUT2D eigenvalue weighted by Crippen LogP contribution is 2.44. The minimum atomic E-state index is -0.368. The molecule has 1 heterocycles. The Morgan fingerprint density at radius 3 is 2.61 bits per heavy atom. The molecule has 0 fully saturated rings. The van der Waals surface area contributed by atoms with Gasteiger partial charge in [0.05, 0.1) is 16.6 Å². The molecule has 1 aromatic heterocycles. The zero-order valence-electron chi connectivity index (χ0n) is 20.3. The van der Waals surface area contributed by atoms with Crippen LogP contribution in [0.25, 0.3) is 0 Å². The largest absolute Gasteiger partial charge is 0.483 e. The van der Waals surface area contributed by atoms with Gasteiger partial charge in [0.2, 0.25) is 0 Å². The number of hydrogen-bond donors (Lipinski definition) is 1. The molecule has 7 heteroatoms. The van der Waals surface area contributed by atoms with Crippen molar-refractivity contribution in [2.75, 3.05) is 18.5 Å². The van der Waals surface area contributed by atoms with Gasteiger partial charge in [0, 0.05) is 4.88 Å². The van der Waals surface area contributed by atoms with Crippen LogP contribution >= 0.6 is 27.3 Å². The van der Waals surface area contributed by atoms with E-state index >= 15 is 0 Å². The fourth-order valence-corrected chi connectivity index (χ4v) is 5.97. The summed E-state index contributed by atoms with van der Waals surface area (Å²) in [5, 5.41) is 3.48. The molecule has 1 atom stereocenters. The number of esters is 1. The molecule has 1 N–H and O–H groups in total. The number of halogens is 1. The number of hydrogen-bond acceptors (Lipinski definition) is 5.